The topological polar surface area (TPSA) is 8.17 Å². The predicted octanol–water partition coefficient (Wildman–Crippen LogP) is 16.3. The van der Waals surface area contributed by atoms with Crippen LogP contribution in [-0.2, 0) is 10.8 Å². The molecule has 0 spiro atoms. The smallest absolute Gasteiger partial charge is 0.0718 e. The zero-order chi connectivity index (χ0) is 38.5. The minimum atomic E-state index is 0.0157. The average Bonchev–Trinajstić information content (AvgIpc) is 3.72. The second-order valence-corrected chi connectivity index (χ2v) is 19.1. The molecule has 0 atom stereocenters. The summed E-state index contributed by atoms with van der Waals surface area (Å²) in [6, 6.07) is 56.5. The van der Waals surface area contributed by atoms with E-state index in [9.17, 15) is 0 Å². The predicted molar refractivity (Wildman–Crippen MR) is 248 cm³/mol. The van der Waals surface area contributed by atoms with Gasteiger partial charge in [-0.3, -0.25) is 0 Å². The van der Waals surface area contributed by atoms with E-state index in [1.54, 1.807) is 0 Å². The van der Waals surface area contributed by atoms with E-state index in [1.807, 2.05) is 11.3 Å². The molecule has 2 nitrogen and oxygen atoms in total. The van der Waals surface area contributed by atoms with Gasteiger partial charge in [-0.2, -0.15) is 0 Å². The molecule has 0 radical (unpaired) electrons. The van der Waals surface area contributed by atoms with Crippen molar-refractivity contribution >= 4 is 108 Å². The third-order valence-electron chi connectivity index (χ3n) is 11.5. The summed E-state index contributed by atoms with van der Waals surface area (Å²) in [5.74, 6) is 0. The fraction of sp³-hybridized carbons (Fsp3) is 0.154. The Morgan fingerprint density at radius 1 is 0.482 bits per heavy atom. The molecule has 4 heteroatoms. The van der Waals surface area contributed by atoms with E-state index < -0.39 is 0 Å². The van der Waals surface area contributed by atoms with Crippen LogP contribution in [0.25, 0.3) is 69.2 Å². The van der Waals surface area contributed by atoms with E-state index >= 15 is 0 Å². The molecular formula is C52H43BrN2S. The molecule has 2 heterocycles. The molecular weight excluding hydrogens is 765 g/mol. The van der Waals surface area contributed by atoms with Crippen molar-refractivity contribution < 1.29 is 0 Å². The van der Waals surface area contributed by atoms with Crippen LogP contribution in [0.5, 0.6) is 0 Å². The lowest BCUT2D eigenvalue weighted by atomic mass is 9.85. The lowest BCUT2D eigenvalue weighted by Gasteiger charge is -2.29. The molecule has 0 bridgehead atoms. The van der Waals surface area contributed by atoms with Crippen molar-refractivity contribution in [3.63, 3.8) is 0 Å². The van der Waals surface area contributed by atoms with Gasteiger partial charge in [0.25, 0.3) is 0 Å². The van der Waals surface area contributed by atoms with Gasteiger partial charge >= 0.3 is 0 Å². The Balaban J connectivity index is 1.35. The monoisotopic (exact) mass is 806 g/mol. The van der Waals surface area contributed by atoms with E-state index in [2.05, 4.69) is 219 Å². The fourth-order valence-electron chi connectivity index (χ4n) is 8.46. The standard InChI is InChI=1S/C52H43BrN2S/c1-51(2,3)36-21-25-43-41(29-36)42-30-37(52(4,5)6)22-26-44(42)55(43)50-48-40-17-11-12-18-46(40)56-47(48)31-45(49(50)53)54(38-23-19-32-13-7-9-15-34(32)27-38)39-24-20-33-14-8-10-16-35(33)28-39/h7-31H,1-6H3. The molecule has 0 aliphatic carbocycles. The largest absolute Gasteiger partial charge is 0.309 e. The van der Waals surface area contributed by atoms with E-state index in [1.165, 1.54) is 74.6 Å². The van der Waals surface area contributed by atoms with Gasteiger partial charge in [0.1, 0.15) is 0 Å². The lowest BCUT2D eigenvalue weighted by Crippen LogP contribution is -2.12. The highest BCUT2D eigenvalue weighted by atomic mass is 79.9. The van der Waals surface area contributed by atoms with Crippen LogP contribution in [0.3, 0.4) is 0 Å². The van der Waals surface area contributed by atoms with Crippen LogP contribution in [0.4, 0.5) is 17.1 Å². The Labute approximate surface area is 340 Å². The third kappa shape index (κ3) is 5.64. The highest BCUT2D eigenvalue weighted by Gasteiger charge is 2.27. The van der Waals surface area contributed by atoms with Crippen molar-refractivity contribution in [2.75, 3.05) is 4.90 Å². The SMILES string of the molecule is CC(C)(C)c1ccc2c(c1)c1cc(C(C)(C)C)ccc1n2-c1c(Br)c(N(c2ccc3ccccc3c2)c2ccc3ccccc3c2)cc2sc3ccccc3c12. The molecule has 0 aliphatic heterocycles. The number of hydrogen-bond donors (Lipinski definition) is 0. The number of anilines is 3. The number of halogens is 1. The van der Waals surface area contributed by atoms with E-state index in [0.29, 0.717) is 0 Å². The molecule has 10 aromatic rings. The fourth-order valence-corrected chi connectivity index (χ4v) is 10.3. The Kier molecular flexibility index (Phi) is 8.01. The maximum Gasteiger partial charge on any atom is 0.0718 e. The summed E-state index contributed by atoms with van der Waals surface area (Å²) in [6.45, 7) is 13.9. The van der Waals surface area contributed by atoms with Crippen LogP contribution >= 0.6 is 27.3 Å². The molecule has 56 heavy (non-hydrogen) atoms. The molecule has 0 aliphatic rings. The maximum atomic E-state index is 4.40. The highest BCUT2D eigenvalue weighted by molar-refractivity contribution is 9.10. The number of aromatic nitrogens is 1. The number of rotatable bonds is 4. The molecule has 2 aromatic heterocycles. The molecule has 0 N–H and O–H groups in total. The van der Waals surface area contributed by atoms with Gasteiger partial charge in [-0.1, -0.05) is 133 Å². The van der Waals surface area contributed by atoms with Gasteiger partial charge in [-0.15, -0.1) is 11.3 Å². The number of thiophene rings is 1. The normalized spacial score (nSPS) is 12.6. The summed E-state index contributed by atoms with van der Waals surface area (Å²) in [7, 11) is 0. The van der Waals surface area contributed by atoms with Gasteiger partial charge in [0, 0.05) is 42.3 Å². The molecule has 0 saturated carbocycles. The van der Waals surface area contributed by atoms with Crippen LogP contribution in [-0.4, -0.2) is 4.57 Å². The van der Waals surface area contributed by atoms with Crippen LogP contribution < -0.4 is 4.90 Å². The Bertz CT molecular complexity index is 3040. The first-order chi connectivity index (χ1) is 26.9. The van der Waals surface area contributed by atoms with Gasteiger partial charge in [-0.05, 0) is 120 Å². The zero-order valence-corrected chi connectivity index (χ0v) is 35.0. The first-order valence-electron chi connectivity index (χ1n) is 19.5. The summed E-state index contributed by atoms with van der Waals surface area (Å²) >= 11 is 6.27. The summed E-state index contributed by atoms with van der Waals surface area (Å²) in [4.78, 5) is 2.44. The molecule has 274 valence electrons. The average molecular weight is 808 g/mol. The van der Waals surface area contributed by atoms with Gasteiger partial charge in [0.2, 0.25) is 0 Å². The van der Waals surface area contributed by atoms with Gasteiger partial charge in [-0.25, -0.2) is 0 Å². The van der Waals surface area contributed by atoms with E-state index in [0.717, 1.165) is 27.2 Å². The molecule has 0 saturated heterocycles. The zero-order valence-electron chi connectivity index (χ0n) is 32.6. The van der Waals surface area contributed by atoms with Gasteiger partial charge in [0.05, 0.1) is 26.9 Å². The van der Waals surface area contributed by atoms with Crippen LogP contribution in [0.1, 0.15) is 52.7 Å². The van der Waals surface area contributed by atoms with Crippen molar-refractivity contribution in [2.45, 2.75) is 52.4 Å². The molecule has 0 fully saturated rings. The Hall–Kier alpha value is -5.42. The number of nitrogens with zero attached hydrogens (tertiary/aromatic N) is 2. The van der Waals surface area contributed by atoms with E-state index in [-0.39, 0.29) is 10.8 Å². The summed E-state index contributed by atoms with van der Waals surface area (Å²) in [6.07, 6.45) is 0. The first kappa shape index (κ1) is 35.0. The highest BCUT2D eigenvalue weighted by Crippen LogP contribution is 2.51. The number of benzene rings is 8. The molecule has 0 unspecified atom stereocenters. The quantitative estimate of drug-likeness (QED) is 0.172. The van der Waals surface area contributed by atoms with Gasteiger partial charge < -0.3 is 9.47 Å². The van der Waals surface area contributed by atoms with Crippen molar-refractivity contribution in [1.82, 2.24) is 4.57 Å². The molecule has 8 aromatic carbocycles. The Morgan fingerprint density at radius 2 is 0.982 bits per heavy atom. The number of hydrogen-bond acceptors (Lipinski definition) is 2. The van der Waals surface area contributed by atoms with Crippen LogP contribution in [0.15, 0.2) is 156 Å². The third-order valence-corrected chi connectivity index (χ3v) is 13.4. The van der Waals surface area contributed by atoms with Gasteiger partial charge in [0.15, 0.2) is 0 Å². The lowest BCUT2D eigenvalue weighted by molar-refractivity contribution is 0.590. The minimum absolute atomic E-state index is 0.0157. The summed E-state index contributed by atoms with van der Waals surface area (Å²) in [5.41, 5.74) is 9.59. The Morgan fingerprint density at radius 3 is 1.52 bits per heavy atom. The molecule has 0 amide bonds. The van der Waals surface area contributed by atoms with Crippen LogP contribution in [0.2, 0.25) is 0 Å². The summed E-state index contributed by atoms with van der Waals surface area (Å²) in [5, 5.41) is 9.97. The minimum Gasteiger partial charge on any atom is -0.309 e. The van der Waals surface area contributed by atoms with E-state index in [4.69, 9.17) is 0 Å². The summed E-state index contributed by atoms with van der Waals surface area (Å²) < 4.78 is 6.12. The maximum absolute atomic E-state index is 4.40. The second-order valence-electron chi connectivity index (χ2n) is 17.2. The second kappa shape index (κ2) is 12.8. The van der Waals surface area contributed by atoms with Crippen molar-refractivity contribution in [3.8, 4) is 5.69 Å². The number of fused-ring (bicyclic) bond motifs is 8. The first-order valence-corrected chi connectivity index (χ1v) is 21.1. The molecule has 10 rings (SSSR count). The van der Waals surface area contributed by atoms with Crippen molar-refractivity contribution in [3.05, 3.63) is 167 Å². The van der Waals surface area contributed by atoms with Crippen molar-refractivity contribution in [2.24, 2.45) is 0 Å². The van der Waals surface area contributed by atoms with Crippen LogP contribution in [0, 0.1) is 0 Å². The van der Waals surface area contributed by atoms with Crippen molar-refractivity contribution in [1.29, 1.82) is 0 Å².